The van der Waals surface area contributed by atoms with E-state index in [1.165, 1.54) is 0 Å². The van der Waals surface area contributed by atoms with E-state index in [4.69, 9.17) is 14.2 Å². The molecule has 0 radical (unpaired) electrons. The number of esters is 2. The first-order valence-corrected chi connectivity index (χ1v) is 16.9. The molecule has 1 aliphatic heterocycles. The summed E-state index contributed by atoms with van der Waals surface area (Å²) in [7, 11) is -1.80. The van der Waals surface area contributed by atoms with Gasteiger partial charge in [-0.2, -0.15) is 0 Å². The standard InChI is InChI=1S/C31H32O5SSi/c1-23-15-17-26(18-16-23)37-27-21-31(19-20-38(2,3)4,22-34-28(32)24-11-7-5-8-12-24)36-30(27)35-29(33)25-13-9-6-10-14-25/h5-18,27,30H,21-22H2,1-4H3/t27-,30+,31+/m1/s1. The van der Waals surface area contributed by atoms with Gasteiger partial charge >= 0.3 is 11.9 Å². The molecule has 196 valence electrons. The van der Waals surface area contributed by atoms with Crippen molar-refractivity contribution in [2.45, 2.75) is 55.0 Å². The molecule has 0 bridgehead atoms. The quantitative estimate of drug-likeness (QED) is 0.191. The number of carbonyl (C=O) groups is 2. The van der Waals surface area contributed by atoms with Crippen LogP contribution in [0, 0.1) is 18.4 Å². The Morgan fingerprint density at radius 3 is 2.08 bits per heavy atom. The summed E-state index contributed by atoms with van der Waals surface area (Å²) in [5.74, 6) is 2.40. The Morgan fingerprint density at radius 2 is 1.50 bits per heavy atom. The van der Waals surface area contributed by atoms with Crippen molar-refractivity contribution in [3.8, 4) is 11.5 Å². The van der Waals surface area contributed by atoms with Gasteiger partial charge in [0.25, 0.3) is 0 Å². The van der Waals surface area contributed by atoms with Gasteiger partial charge in [-0.1, -0.05) is 79.7 Å². The van der Waals surface area contributed by atoms with Crippen molar-refractivity contribution in [2.24, 2.45) is 0 Å². The van der Waals surface area contributed by atoms with Crippen LogP contribution >= 0.6 is 11.8 Å². The zero-order chi connectivity index (χ0) is 27.2. The second-order valence-corrected chi connectivity index (χ2v) is 16.4. The van der Waals surface area contributed by atoms with Gasteiger partial charge in [0.1, 0.15) is 14.7 Å². The van der Waals surface area contributed by atoms with Crippen LogP contribution in [0.25, 0.3) is 0 Å². The Balaban J connectivity index is 1.62. The third-order valence-corrected chi connectivity index (χ3v) is 7.94. The van der Waals surface area contributed by atoms with Crippen LogP contribution in [0.4, 0.5) is 0 Å². The van der Waals surface area contributed by atoms with E-state index in [9.17, 15) is 9.59 Å². The summed E-state index contributed by atoms with van der Waals surface area (Å²) in [6, 6.07) is 25.8. The zero-order valence-corrected chi connectivity index (χ0v) is 23.9. The molecule has 4 rings (SSSR count). The van der Waals surface area contributed by atoms with Crippen LogP contribution in [0.15, 0.2) is 89.8 Å². The van der Waals surface area contributed by atoms with E-state index in [-0.39, 0.29) is 11.9 Å². The van der Waals surface area contributed by atoms with Gasteiger partial charge in [-0.25, -0.2) is 9.59 Å². The van der Waals surface area contributed by atoms with Crippen molar-refractivity contribution >= 4 is 31.8 Å². The van der Waals surface area contributed by atoms with E-state index >= 15 is 0 Å². The molecule has 1 fully saturated rings. The Morgan fingerprint density at radius 1 is 0.921 bits per heavy atom. The van der Waals surface area contributed by atoms with Crippen LogP contribution in [0.1, 0.15) is 32.7 Å². The second kappa shape index (κ2) is 12.0. The normalized spacial score (nSPS) is 20.7. The number of thioether (sulfide) groups is 1. The van der Waals surface area contributed by atoms with Gasteiger partial charge in [0.2, 0.25) is 6.29 Å². The molecular weight excluding hydrogens is 512 g/mol. The maximum Gasteiger partial charge on any atom is 0.340 e. The second-order valence-electron chi connectivity index (χ2n) is 10.4. The molecule has 1 aliphatic rings. The molecule has 7 heteroatoms. The minimum atomic E-state index is -1.80. The molecule has 3 aromatic rings. The molecule has 1 saturated heterocycles. The van der Waals surface area contributed by atoms with Gasteiger partial charge in [0.15, 0.2) is 5.60 Å². The third-order valence-electron chi connectivity index (χ3n) is 5.83. The molecular formula is C31H32O5SSi. The van der Waals surface area contributed by atoms with Crippen molar-refractivity contribution < 1.29 is 23.8 Å². The van der Waals surface area contributed by atoms with Crippen molar-refractivity contribution in [3.63, 3.8) is 0 Å². The fourth-order valence-electron chi connectivity index (χ4n) is 3.85. The lowest BCUT2D eigenvalue weighted by molar-refractivity contribution is -0.134. The molecule has 0 spiro atoms. The van der Waals surface area contributed by atoms with Gasteiger partial charge in [-0.05, 0) is 43.3 Å². The van der Waals surface area contributed by atoms with Crippen molar-refractivity contribution in [1.82, 2.24) is 0 Å². The molecule has 3 aromatic carbocycles. The monoisotopic (exact) mass is 544 g/mol. The lowest BCUT2D eigenvalue weighted by Crippen LogP contribution is -2.36. The average Bonchev–Trinajstić information content (AvgIpc) is 3.25. The fraction of sp³-hybridized carbons (Fsp3) is 0.290. The maximum absolute atomic E-state index is 13.0. The fourth-order valence-corrected chi connectivity index (χ4v) is 5.68. The average molecular weight is 545 g/mol. The van der Waals surface area contributed by atoms with Gasteiger partial charge in [-0.3, -0.25) is 0 Å². The number of hydrogen-bond donors (Lipinski definition) is 0. The number of hydrogen-bond acceptors (Lipinski definition) is 6. The minimum Gasteiger partial charge on any atom is -0.458 e. The number of rotatable bonds is 7. The summed E-state index contributed by atoms with van der Waals surface area (Å²) in [4.78, 5) is 26.8. The van der Waals surface area contributed by atoms with Crippen LogP contribution < -0.4 is 0 Å². The Hall–Kier alpha value is -3.31. The van der Waals surface area contributed by atoms with Crippen LogP contribution in [0.3, 0.4) is 0 Å². The SMILES string of the molecule is Cc1ccc(S[C@@H]2C[C@@](C#C[Si](C)(C)C)(COC(=O)c3ccccc3)O[C@@H]2OC(=O)c2ccccc2)cc1. The Bertz CT molecular complexity index is 1310. The Labute approximate surface area is 229 Å². The predicted molar refractivity (Wildman–Crippen MR) is 153 cm³/mol. The smallest absolute Gasteiger partial charge is 0.340 e. The van der Waals surface area contributed by atoms with Crippen molar-refractivity contribution in [2.75, 3.05) is 6.61 Å². The van der Waals surface area contributed by atoms with Crippen LogP contribution in [0.2, 0.25) is 19.6 Å². The van der Waals surface area contributed by atoms with E-state index in [1.54, 1.807) is 60.3 Å². The Kier molecular flexibility index (Phi) is 8.78. The summed E-state index contributed by atoms with van der Waals surface area (Å²) in [5, 5.41) is -0.253. The molecule has 0 saturated carbocycles. The van der Waals surface area contributed by atoms with E-state index in [1.807, 2.05) is 43.3 Å². The predicted octanol–water partition coefficient (Wildman–Crippen LogP) is 6.54. The maximum atomic E-state index is 13.0. The zero-order valence-electron chi connectivity index (χ0n) is 22.1. The summed E-state index contributed by atoms with van der Waals surface area (Å²) in [6.45, 7) is 8.40. The third kappa shape index (κ3) is 7.61. The van der Waals surface area contributed by atoms with Crippen molar-refractivity contribution in [1.29, 1.82) is 0 Å². The highest BCUT2D eigenvalue weighted by atomic mass is 32.2. The highest BCUT2D eigenvalue weighted by Crippen LogP contribution is 2.42. The van der Waals surface area contributed by atoms with Gasteiger partial charge in [-0.15, -0.1) is 17.3 Å². The van der Waals surface area contributed by atoms with E-state index in [2.05, 4.69) is 31.1 Å². The lowest BCUT2D eigenvalue weighted by atomic mass is 10.0. The van der Waals surface area contributed by atoms with Crippen molar-refractivity contribution in [3.05, 3.63) is 102 Å². The van der Waals surface area contributed by atoms with Gasteiger partial charge in [0, 0.05) is 11.3 Å². The largest absolute Gasteiger partial charge is 0.458 e. The number of carbonyl (C=O) groups excluding carboxylic acids is 2. The number of ether oxygens (including phenoxy) is 3. The highest BCUT2D eigenvalue weighted by Gasteiger charge is 2.49. The highest BCUT2D eigenvalue weighted by molar-refractivity contribution is 8.00. The number of benzene rings is 3. The molecule has 38 heavy (non-hydrogen) atoms. The summed E-state index contributed by atoms with van der Waals surface area (Å²) >= 11 is 1.57. The summed E-state index contributed by atoms with van der Waals surface area (Å²) in [6.07, 6.45) is -0.446. The number of aryl methyl sites for hydroxylation is 1. The molecule has 0 unspecified atom stereocenters. The minimum absolute atomic E-state index is 0.0669. The van der Waals surface area contributed by atoms with E-state index in [0.717, 1.165) is 10.5 Å². The molecule has 0 amide bonds. The topological polar surface area (TPSA) is 61.8 Å². The first kappa shape index (κ1) is 27.7. The molecule has 3 atom stereocenters. The molecule has 0 aromatic heterocycles. The van der Waals surface area contributed by atoms with Gasteiger partial charge < -0.3 is 14.2 Å². The summed E-state index contributed by atoms with van der Waals surface area (Å²) in [5.41, 5.74) is 4.34. The molecule has 1 heterocycles. The summed E-state index contributed by atoms with van der Waals surface area (Å²) < 4.78 is 18.1. The van der Waals surface area contributed by atoms with Crippen LogP contribution in [0.5, 0.6) is 0 Å². The lowest BCUT2D eigenvalue weighted by Gasteiger charge is -2.24. The van der Waals surface area contributed by atoms with Crippen LogP contribution in [-0.2, 0) is 14.2 Å². The van der Waals surface area contributed by atoms with Gasteiger partial charge in [0.05, 0.1) is 16.4 Å². The van der Waals surface area contributed by atoms with E-state index in [0.29, 0.717) is 17.5 Å². The van der Waals surface area contributed by atoms with Crippen LogP contribution in [-0.4, -0.2) is 43.8 Å². The molecule has 5 nitrogen and oxygen atoms in total. The first-order valence-electron chi connectivity index (χ1n) is 12.6. The first-order chi connectivity index (χ1) is 18.1. The molecule has 0 N–H and O–H groups in total. The molecule has 0 aliphatic carbocycles. The van der Waals surface area contributed by atoms with E-state index < -0.39 is 31.9 Å².